The molecule has 0 aromatic heterocycles. The van der Waals surface area contributed by atoms with Crippen molar-refractivity contribution in [2.75, 3.05) is 26.4 Å². The minimum atomic E-state index is -4.29. The Morgan fingerprint density at radius 3 is 1.62 bits per heavy atom. The SMILES string of the molecule is CCCCC/C=C\C/C=C\CCCCCCCC(=O)O[C@H](CO/C=C\CCCCCCCCCCCCCCCC)COP(=O)(O)OCCN. The lowest BCUT2D eigenvalue weighted by Crippen LogP contribution is -2.27. The van der Waals surface area contributed by atoms with Crippen LogP contribution >= 0.6 is 7.82 Å². The zero-order valence-electron chi connectivity index (χ0n) is 32.4. The largest absolute Gasteiger partial charge is 0.498 e. The van der Waals surface area contributed by atoms with E-state index in [2.05, 4.69) is 38.2 Å². The summed E-state index contributed by atoms with van der Waals surface area (Å²) in [7, 11) is -4.29. The van der Waals surface area contributed by atoms with Crippen molar-refractivity contribution < 1.29 is 32.8 Å². The predicted octanol–water partition coefficient (Wildman–Crippen LogP) is 12.2. The zero-order chi connectivity index (χ0) is 36.6. The summed E-state index contributed by atoms with van der Waals surface area (Å²) in [5, 5.41) is 0. The van der Waals surface area contributed by atoms with Crippen LogP contribution in [0.25, 0.3) is 0 Å². The van der Waals surface area contributed by atoms with Gasteiger partial charge >= 0.3 is 13.8 Å². The lowest BCUT2D eigenvalue weighted by Gasteiger charge is -2.19. The average molecular weight is 728 g/mol. The van der Waals surface area contributed by atoms with E-state index in [9.17, 15) is 14.3 Å². The summed E-state index contributed by atoms with van der Waals surface area (Å²) in [6, 6.07) is 0. The van der Waals surface area contributed by atoms with Gasteiger partial charge in [-0.25, -0.2) is 4.57 Å². The molecule has 2 atom stereocenters. The van der Waals surface area contributed by atoms with Gasteiger partial charge in [-0.3, -0.25) is 13.8 Å². The van der Waals surface area contributed by atoms with Crippen LogP contribution in [0.2, 0.25) is 0 Å². The van der Waals surface area contributed by atoms with Gasteiger partial charge in [0.25, 0.3) is 0 Å². The Bertz CT molecular complexity index is 864. The highest BCUT2D eigenvalue weighted by molar-refractivity contribution is 7.47. The van der Waals surface area contributed by atoms with Crippen molar-refractivity contribution >= 4 is 13.8 Å². The van der Waals surface area contributed by atoms with Crippen LogP contribution in [0, 0.1) is 0 Å². The quantitative estimate of drug-likeness (QED) is 0.0211. The van der Waals surface area contributed by atoms with Crippen molar-refractivity contribution in [2.24, 2.45) is 5.73 Å². The highest BCUT2D eigenvalue weighted by Crippen LogP contribution is 2.43. The van der Waals surface area contributed by atoms with Crippen LogP contribution < -0.4 is 5.73 Å². The standard InChI is InChI=1S/C41H78NO7P/c1-3-5-7-9-11-13-15-17-19-21-23-25-27-29-31-33-36-46-38-40(39-48-50(44,45)47-37-35-42)49-41(43)34-32-30-28-26-24-22-20-18-16-14-12-10-8-6-4-2/h12,14,18,20,33,36,40H,3-11,13,15-17,19,21-32,34-35,37-39,42H2,1-2H3,(H,44,45)/b14-12-,20-18-,36-33-/t40-/m1/s1. The summed E-state index contributed by atoms with van der Waals surface area (Å²) in [4.78, 5) is 22.4. The number of carbonyl (C=O) groups is 1. The first-order valence-corrected chi connectivity index (χ1v) is 22.0. The fourth-order valence-electron chi connectivity index (χ4n) is 5.58. The normalized spacial score (nSPS) is 13.8. The van der Waals surface area contributed by atoms with E-state index in [4.69, 9.17) is 24.3 Å². The molecular weight excluding hydrogens is 649 g/mol. The molecule has 0 aliphatic carbocycles. The van der Waals surface area contributed by atoms with Crippen LogP contribution in [0.3, 0.4) is 0 Å². The molecule has 0 heterocycles. The Kier molecular flexibility index (Phi) is 37.7. The number of allylic oxidation sites excluding steroid dienone is 5. The van der Waals surface area contributed by atoms with E-state index in [0.717, 1.165) is 57.8 Å². The van der Waals surface area contributed by atoms with Crippen LogP contribution in [0.15, 0.2) is 36.6 Å². The molecule has 294 valence electrons. The first-order valence-electron chi connectivity index (χ1n) is 20.5. The highest BCUT2D eigenvalue weighted by atomic mass is 31.2. The molecule has 8 nitrogen and oxygen atoms in total. The van der Waals surface area contributed by atoms with Crippen molar-refractivity contribution in [1.29, 1.82) is 0 Å². The van der Waals surface area contributed by atoms with Crippen LogP contribution in [0.4, 0.5) is 0 Å². The molecule has 0 bridgehead atoms. The number of phosphoric acid groups is 1. The van der Waals surface area contributed by atoms with Gasteiger partial charge in [-0.15, -0.1) is 0 Å². The molecular formula is C41H78NO7P. The second kappa shape index (κ2) is 38.8. The number of ether oxygens (including phenoxy) is 2. The first-order chi connectivity index (χ1) is 24.4. The monoisotopic (exact) mass is 728 g/mol. The molecule has 0 aliphatic heterocycles. The van der Waals surface area contributed by atoms with E-state index in [1.165, 1.54) is 109 Å². The van der Waals surface area contributed by atoms with Gasteiger partial charge in [0, 0.05) is 13.0 Å². The van der Waals surface area contributed by atoms with Gasteiger partial charge in [-0.2, -0.15) is 0 Å². The maximum atomic E-state index is 12.5. The van der Waals surface area contributed by atoms with Crippen LogP contribution in [0.1, 0.15) is 187 Å². The van der Waals surface area contributed by atoms with E-state index < -0.39 is 13.9 Å². The second-order valence-electron chi connectivity index (χ2n) is 13.6. The van der Waals surface area contributed by atoms with Gasteiger partial charge in [0.2, 0.25) is 0 Å². The molecule has 0 aromatic rings. The first kappa shape index (κ1) is 48.6. The van der Waals surface area contributed by atoms with Gasteiger partial charge in [-0.1, -0.05) is 154 Å². The minimum Gasteiger partial charge on any atom is -0.498 e. The Hall–Kier alpha value is -1.44. The molecule has 0 fully saturated rings. The number of hydrogen-bond donors (Lipinski definition) is 2. The topological polar surface area (TPSA) is 117 Å². The summed E-state index contributed by atoms with van der Waals surface area (Å²) in [6.07, 6.45) is 43.9. The van der Waals surface area contributed by atoms with Gasteiger partial charge < -0.3 is 20.1 Å². The molecule has 3 N–H and O–H groups in total. The summed E-state index contributed by atoms with van der Waals surface area (Å²) in [6.45, 7) is 4.20. The number of phosphoric ester groups is 1. The van der Waals surface area contributed by atoms with Crippen molar-refractivity contribution in [3.8, 4) is 0 Å². The van der Waals surface area contributed by atoms with E-state index in [1.54, 1.807) is 6.26 Å². The molecule has 0 aliphatic rings. The Morgan fingerprint density at radius 1 is 0.620 bits per heavy atom. The molecule has 0 amide bonds. The maximum absolute atomic E-state index is 12.5. The third-order valence-electron chi connectivity index (χ3n) is 8.62. The maximum Gasteiger partial charge on any atom is 0.472 e. The lowest BCUT2D eigenvalue weighted by atomic mass is 10.0. The van der Waals surface area contributed by atoms with Crippen LogP contribution in [-0.2, 0) is 27.9 Å². The number of carbonyl (C=O) groups excluding carboxylic acids is 1. The molecule has 0 radical (unpaired) electrons. The zero-order valence-corrected chi connectivity index (χ0v) is 33.3. The average Bonchev–Trinajstić information content (AvgIpc) is 3.10. The molecule has 0 saturated carbocycles. The van der Waals surface area contributed by atoms with Gasteiger partial charge in [0.05, 0.1) is 19.5 Å². The Morgan fingerprint density at radius 2 is 1.08 bits per heavy atom. The van der Waals surface area contributed by atoms with E-state index in [1.807, 2.05) is 6.08 Å². The third kappa shape index (κ3) is 37.8. The fraction of sp³-hybridized carbons (Fsp3) is 0.829. The van der Waals surface area contributed by atoms with Gasteiger partial charge in [-0.05, 0) is 57.4 Å². The fourth-order valence-corrected chi connectivity index (χ4v) is 6.35. The van der Waals surface area contributed by atoms with E-state index in [0.29, 0.717) is 0 Å². The number of nitrogens with two attached hydrogens (primary N) is 1. The minimum absolute atomic E-state index is 0.0278. The lowest BCUT2D eigenvalue weighted by molar-refractivity contribution is -0.153. The third-order valence-corrected chi connectivity index (χ3v) is 9.61. The van der Waals surface area contributed by atoms with Crippen LogP contribution in [0.5, 0.6) is 0 Å². The van der Waals surface area contributed by atoms with Gasteiger partial charge in [0.15, 0.2) is 6.10 Å². The van der Waals surface area contributed by atoms with Crippen molar-refractivity contribution in [1.82, 2.24) is 0 Å². The van der Waals surface area contributed by atoms with Crippen molar-refractivity contribution in [2.45, 2.75) is 193 Å². The highest BCUT2D eigenvalue weighted by Gasteiger charge is 2.25. The Balaban J connectivity index is 4.13. The van der Waals surface area contributed by atoms with Gasteiger partial charge in [0.1, 0.15) is 6.61 Å². The number of rotatable bonds is 39. The van der Waals surface area contributed by atoms with E-state index in [-0.39, 0.29) is 38.8 Å². The molecule has 1 unspecified atom stereocenters. The summed E-state index contributed by atoms with van der Waals surface area (Å²) in [5.41, 5.74) is 5.35. The number of hydrogen-bond acceptors (Lipinski definition) is 7. The summed E-state index contributed by atoms with van der Waals surface area (Å²) < 4.78 is 33.1. The van der Waals surface area contributed by atoms with Crippen molar-refractivity contribution in [3.05, 3.63) is 36.6 Å². The summed E-state index contributed by atoms with van der Waals surface area (Å²) in [5.74, 6) is -0.366. The van der Waals surface area contributed by atoms with Crippen molar-refractivity contribution in [3.63, 3.8) is 0 Å². The Labute approximate surface area is 308 Å². The molecule has 0 rings (SSSR count). The molecule has 0 aromatic carbocycles. The number of esters is 1. The smallest absolute Gasteiger partial charge is 0.472 e. The van der Waals surface area contributed by atoms with E-state index >= 15 is 0 Å². The van der Waals surface area contributed by atoms with Crippen LogP contribution in [-0.4, -0.2) is 43.3 Å². The summed E-state index contributed by atoms with van der Waals surface area (Å²) >= 11 is 0. The molecule has 50 heavy (non-hydrogen) atoms. The second-order valence-corrected chi connectivity index (χ2v) is 15.0. The molecule has 9 heteroatoms. The predicted molar refractivity (Wildman–Crippen MR) is 210 cm³/mol. The molecule has 0 saturated heterocycles. The molecule has 0 spiro atoms. The number of unbranched alkanes of at least 4 members (excludes halogenated alkanes) is 22.